The van der Waals surface area contributed by atoms with Crippen LogP contribution in [0.15, 0.2) is 54.6 Å². The smallest absolute Gasteiger partial charge is 0.335 e. The molecule has 1 atom stereocenters. The zero-order valence-electron chi connectivity index (χ0n) is 14.1. The molecule has 2 amide bonds. The number of carbonyl (C=O) groups is 1. The fourth-order valence-electron chi connectivity index (χ4n) is 2.48. The van der Waals surface area contributed by atoms with Gasteiger partial charge in [-0.05, 0) is 43.2 Å². The molecule has 0 aliphatic carbocycles. The van der Waals surface area contributed by atoms with Crippen molar-refractivity contribution < 1.29 is 18.0 Å². The lowest BCUT2D eigenvalue weighted by Crippen LogP contribution is -2.45. The SMILES string of the molecule is CC(Cc1ccc(C(F)(F)F)cc1)NC(=O)N(CC#N)c1ccccc1. The predicted octanol–water partition coefficient (Wildman–Crippen LogP) is 4.38. The van der Waals surface area contributed by atoms with E-state index in [1.54, 1.807) is 37.3 Å². The first-order chi connectivity index (χ1) is 12.3. The van der Waals surface area contributed by atoms with Crippen LogP contribution < -0.4 is 10.2 Å². The minimum absolute atomic E-state index is 0.108. The monoisotopic (exact) mass is 361 g/mol. The van der Waals surface area contributed by atoms with E-state index in [1.165, 1.54) is 17.0 Å². The van der Waals surface area contributed by atoms with E-state index in [-0.39, 0.29) is 12.6 Å². The van der Waals surface area contributed by atoms with E-state index in [2.05, 4.69) is 5.32 Å². The maximum absolute atomic E-state index is 12.6. The second kappa shape index (κ2) is 8.39. The van der Waals surface area contributed by atoms with Crippen LogP contribution in [0.4, 0.5) is 23.7 Å². The Labute approximate surface area is 149 Å². The van der Waals surface area contributed by atoms with Crippen LogP contribution in [0.25, 0.3) is 0 Å². The number of para-hydroxylation sites is 1. The second-order valence-corrected chi connectivity index (χ2v) is 5.83. The van der Waals surface area contributed by atoms with E-state index in [9.17, 15) is 18.0 Å². The number of hydrogen-bond donors (Lipinski definition) is 1. The van der Waals surface area contributed by atoms with Gasteiger partial charge in [-0.2, -0.15) is 18.4 Å². The van der Waals surface area contributed by atoms with Gasteiger partial charge in [-0.1, -0.05) is 30.3 Å². The highest BCUT2D eigenvalue weighted by Gasteiger charge is 2.30. The summed E-state index contributed by atoms with van der Waals surface area (Å²) in [5, 5.41) is 11.7. The lowest BCUT2D eigenvalue weighted by molar-refractivity contribution is -0.137. The number of urea groups is 1. The van der Waals surface area contributed by atoms with E-state index >= 15 is 0 Å². The van der Waals surface area contributed by atoms with Crippen LogP contribution in [0.3, 0.4) is 0 Å². The topological polar surface area (TPSA) is 56.1 Å². The van der Waals surface area contributed by atoms with E-state index in [0.29, 0.717) is 17.7 Å². The quantitative estimate of drug-likeness (QED) is 0.804. The summed E-state index contributed by atoms with van der Waals surface area (Å²) in [6, 6.07) is 14.8. The van der Waals surface area contributed by atoms with E-state index < -0.39 is 17.8 Å². The van der Waals surface area contributed by atoms with Gasteiger partial charge >= 0.3 is 12.2 Å². The average molecular weight is 361 g/mol. The van der Waals surface area contributed by atoms with Crippen LogP contribution in [-0.2, 0) is 12.6 Å². The summed E-state index contributed by atoms with van der Waals surface area (Å²) in [5.41, 5.74) is 0.563. The van der Waals surface area contributed by atoms with Crippen molar-refractivity contribution >= 4 is 11.7 Å². The third-order valence-corrected chi connectivity index (χ3v) is 3.73. The highest BCUT2D eigenvalue weighted by molar-refractivity contribution is 5.92. The Balaban J connectivity index is 2.00. The van der Waals surface area contributed by atoms with Crippen molar-refractivity contribution in [3.8, 4) is 6.07 Å². The molecule has 0 fully saturated rings. The summed E-state index contributed by atoms with van der Waals surface area (Å²) in [4.78, 5) is 13.7. The van der Waals surface area contributed by atoms with Gasteiger partial charge in [0.25, 0.3) is 0 Å². The fraction of sp³-hybridized carbons (Fsp3) is 0.263. The van der Waals surface area contributed by atoms with Gasteiger partial charge in [0, 0.05) is 11.7 Å². The van der Waals surface area contributed by atoms with E-state index in [1.807, 2.05) is 6.07 Å². The Morgan fingerprint density at radius 1 is 1.15 bits per heavy atom. The summed E-state index contributed by atoms with van der Waals surface area (Å²) in [5.74, 6) is 0. The molecule has 2 aromatic rings. The Morgan fingerprint density at radius 3 is 2.31 bits per heavy atom. The number of amides is 2. The van der Waals surface area contributed by atoms with Crippen molar-refractivity contribution in [2.24, 2.45) is 0 Å². The van der Waals surface area contributed by atoms with Crippen LogP contribution in [0.5, 0.6) is 0 Å². The van der Waals surface area contributed by atoms with Gasteiger partial charge < -0.3 is 5.32 Å². The van der Waals surface area contributed by atoms with Crippen molar-refractivity contribution in [1.82, 2.24) is 5.32 Å². The zero-order valence-corrected chi connectivity index (χ0v) is 14.1. The largest absolute Gasteiger partial charge is 0.416 e. The molecule has 0 aliphatic heterocycles. The van der Waals surface area contributed by atoms with Gasteiger partial charge in [-0.3, -0.25) is 4.90 Å². The number of nitrogens with zero attached hydrogens (tertiary/aromatic N) is 2. The Bertz CT molecular complexity index is 767. The first-order valence-corrected chi connectivity index (χ1v) is 7.97. The second-order valence-electron chi connectivity index (χ2n) is 5.83. The number of anilines is 1. The molecule has 0 saturated heterocycles. The van der Waals surface area contributed by atoms with Crippen LogP contribution in [0.1, 0.15) is 18.1 Å². The van der Waals surface area contributed by atoms with Crippen LogP contribution in [-0.4, -0.2) is 18.6 Å². The van der Waals surface area contributed by atoms with Gasteiger partial charge in [-0.25, -0.2) is 4.79 Å². The number of nitriles is 1. The molecule has 0 bridgehead atoms. The van der Waals surface area contributed by atoms with Crippen molar-refractivity contribution in [2.75, 3.05) is 11.4 Å². The molecule has 1 N–H and O–H groups in total. The maximum Gasteiger partial charge on any atom is 0.416 e. The van der Waals surface area contributed by atoms with Gasteiger partial charge in [0.1, 0.15) is 6.54 Å². The third kappa shape index (κ3) is 5.24. The minimum Gasteiger partial charge on any atom is -0.335 e. The Morgan fingerprint density at radius 2 is 1.77 bits per heavy atom. The molecule has 0 saturated carbocycles. The van der Waals surface area contributed by atoms with Gasteiger partial charge in [0.05, 0.1) is 11.6 Å². The molecule has 136 valence electrons. The molecule has 0 spiro atoms. The third-order valence-electron chi connectivity index (χ3n) is 3.73. The molecular formula is C19H18F3N3O. The zero-order chi connectivity index (χ0) is 19.2. The summed E-state index contributed by atoms with van der Waals surface area (Å²) < 4.78 is 37.8. The van der Waals surface area contributed by atoms with Crippen molar-refractivity contribution in [3.63, 3.8) is 0 Å². The normalized spacial score (nSPS) is 12.1. The number of hydrogen-bond acceptors (Lipinski definition) is 2. The fourth-order valence-corrected chi connectivity index (χ4v) is 2.48. The number of alkyl halides is 3. The highest BCUT2D eigenvalue weighted by atomic mass is 19.4. The lowest BCUT2D eigenvalue weighted by Gasteiger charge is -2.23. The number of rotatable bonds is 5. The molecule has 0 aliphatic rings. The summed E-state index contributed by atoms with van der Waals surface area (Å²) in [6.45, 7) is 1.65. The van der Waals surface area contributed by atoms with Gasteiger partial charge in [-0.15, -0.1) is 0 Å². The molecule has 7 heteroatoms. The maximum atomic E-state index is 12.6. The van der Waals surface area contributed by atoms with Crippen LogP contribution >= 0.6 is 0 Å². The Hall–Kier alpha value is -3.01. The van der Waals surface area contributed by atoms with Crippen LogP contribution in [0.2, 0.25) is 0 Å². The lowest BCUT2D eigenvalue weighted by atomic mass is 10.1. The molecular weight excluding hydrogens is 343 g/mol. The molecule has 0 aromatic heterocycles. The highest BCUT2D eigenvalue weighted by Crippen LogP contribution is 2.29. The molecule has 2 rings (SSSR count). The standard InChI is InChI=1S/C19H18F3N3O/c1-14(13-15-7-9-16(10-8-15)19(20,21)22)24-18(26)25(12-11-23)17-5-3-2-4-6-17/h2-10,14H,12-13H2,1H3,(H,24,26). The van der Waals surface area contributed by atoms with Crippen molar-refractivity contribution in [3.05, 3.63) is 65.7 Å². The predicted molar refractivity (Wildman–Crippen MR) is 92.5 cm³/mol. The molecule has 4 nitrogen and oxygen atoms in total. The number of carbonyl (C=O) groups excluding carboxylic acids is 1. The summed E-state index contributed by atoms with van der Waals surface area (Å²) in [7, 11) is 0. The molecule has 1 unspecified atom stereocenters. The number of nitrogens with one attached hydrogen (secondary N) is 1. The summed E-state index contributed by atoms with van der Waals surface area (Å²) in [6.07, 6.45) is -4.00. The van der Waals surface area contributed by atoms with Gasteiger partial charge in [0.2, 0.25) is 0 Å². The van der Waals surface area contributed by atoms with Crippen molar-refractivity contribution in [2.45, 2.75) is 25.6 Å². The Kier molecular flexibility index (Phi) is 6.23. The molecule has 2 aromatic carbocycles. The number of halogens is 3. The minimum atomic E-state index is -4.37. The van der Waals surface area contributed by atoms with E-state index in [4.69, 9.17) is 5.26 Å². The van der Waals surface area contributed by atoms with Gasteiger partial charge in [0.15, 0.2) is 0 Å². The van der Waals surface area contributed by atoms with Crippen LogP contribution in [0, 0.1) is 11.3 Å². The first-order valence-electron chi connectivity index (χ1n) is 7.97. The first kappa shape index (κ1) is 19.3. The summed E-state index contributed by atoms with van der Waals surface area (Å²) >= 11 is 0. The van der Waals surface area contributed by atoms with Crippen molar-refractivity contribution in [1.29, 1.82) is 5.26 Å². The molecule has 26 heavy (non-hydrogen) atoms. The average Bonchev–Trinajstić information content (AvgIpc) is 2.60. The molecule has 0 heterocycles. The molecule has 0 radical (unpaired) electrons. The number of benzene rings is 2. The van der Waals surface area contributed by atoms with E-state index in [0.717, 1.165) is 12.1 Å².